The molecule has 1 aromatic carbocycles. The van der Waals surface area contributed by atoms with Crippen LogP contribution in [0.5, 0.6) is 0 Å². The zero-order valence-corrected chi connectivity index (χ0v) is 15.5. The number of rotatable bonds is 4. The Bertz CT molecular complexity index is 930. The van der Waals surface area contributed by atoms with Crippen molar-refractivity contribution in [1.29, 1.82) is 0 Å². The zero-order chi connectivity index (χ0) is 19.4. The second kappa shape index (κ2) is 5.90. The maximum Gasteiger partial charge on any atom is 0.236 e. The Labute approximate surface area is 156 Å². The topological polar surface area (TPSA) is 90.0 Å². The van der Waals surface area contributed by atoms with Crippen LogP contribution in [0.25, 0.3) is 5.69 Å². The maximum atomic E-state index is 13.7. The van der Waals surface area contributed by atoms with E-state index in [1.165, 1.54) is 12.1 Å². The van der Waals surface area contributed by atoms with Gasteiger partial charge in [0.25, 0.3) is 0 Å². The number of nitrogens with one attached hydrogen (secondary N) is 1. The molecule has 0 spiro atoms. The van der Waals surface area contributed by atoms with E-state index in [-0.39, 0.29) is 23.2 Å². The van der Waals surface area contributed by atoms with Gasteiger partial charge in [0.2, 0.25) is 11.8 Å². The number of hydrogen-bond donors (Lipinski definition) is 2. The van der Waals surface area contributed by atoms with Gasteiger partial charge in [-0.3, -0.25) is 9.59 Å². The molecule has 2 aliphatic rings. The molecule has 2 amide bonds. The molecule has 0 saturated heterocycles. The molecular weight excluding hydrogens is 347 g/mol. The van der Waals surface area contributed by atoms with E-state index in [1.54, 1.807) is 23.0 Å². The standard InChI is InChI=1S/C20H23FN4O2/c1-19(2)9-15(24-18(27)20(6-7-20)17(22)26)14-11-23-25(16(14)10-19)13-5-3-4-12(21)8-13/h3-5,8,11,15H,6-7,9-10H2,1-2H3,(H2,22,26)(H,24,27)/t15-/m1/s1. The van der Waals surface area contributed by atoms with Crippen molar-refractivity contribution in [3.8, 4) is 5.69 Å². The van der Waals surface area contributed by atoms with E-state index < -0.39 is 11.3 Å². The van der Waals surface area contributed by atoms with Gasteiger partial charge < -0.3 is 11.1 Å². The number of benzene rings is 1. The molecule has 6 nitrogen and oxygen atoms in total. The van der Waals surface area contributed by atoms with Crippen LogP contribution < -0.4 is 11.1 Å². The summed E-state index contributed by atoms with van der Waals surface area (Å²) in [6.45, 7) is 4.25. The summed E-state index contributed by atoms with van der Waals surface area (Å²) in [5, 5.41) is 7.48. The Balaban J connectivity index is 1.69. The third-order valence-electron chi connectivity index (χ3n) is 5.69. The second-order valence-electron chi connectivity index (χ2n) is 8.46. The average Bonchev–Trinajstić information content (AvgIpc) is 3.30. The van der Waals surface area contributed by atoms with E-state index in [2.05, 4.69) is 24.3 Å². The van der Waals surface area contributed by atoms with E-state index in [9.17, 15) is 14.0 Å². The molecule has 27 heavy (non-hydrogen) atoms. The summed E-state index contributed by atoms with van der Waals surface area (Å²) < 4.78 is 15.4. The lowest BCUT2D eigenvalue weighted by molar-refractivity contribution is -0.136. The van der Waals surface area contributed by atoms with E-state index in [4.69, 9.17) is 5.73 Å². The molecule has 0 bridgehead atoms. The molecule has 3 N–H and O–H groups in total. The Kier molecular flexibility index (Phi) is 3.87. The lowest BCUT2D eigenvalue weighted by Crippen LogP contribution is -2.44. The quantitative estimate of drug-likeness (QED) is 0.810. The van der Waals surface area contributed by atoms with Crippen LogP contribution in [0.15, 0.2) is 30.5 Å². The molecular formula is C20H23FN4O2. The number of nitrogens with zero attached hydrogens (tertiary/aromatic N) is 2. The lowest BCUT2D eigenvalue weighted by Gasteiger charge is -2.36. The number of carbonyl (C=O) groups excluding carboxylic acids is 2. The molecule has 0 unspecified atom stereocenters. The number of aromatic nitrogens is 2. The van der Waals surface area contributed by atoms with Gasteiger partial charge in [0.1, 0.15) is 11.2 Å². The highest BCUT2D eigenvalue weighted by atomic mass is 19.1. The highest BCUT2D eigenvalue weighted by Crippen LogP contribution is 2.47. The summed E-state index contributed by atoms with van der Waals surface area (Å²) in [5.41, 5.74) is 6.80. The van der Waals surface area contributed by atoms with E-state index >= 15 is 0 Å². The summed E-state index contributed by atoms with van der Waals surface area (Å²) in [4.78, 5) is 24.4. The predicted molar refractivity (Wildman–Crippen MR) is 97.4 cm³/mol. The van der Waals surface area contributed by atoms with Gasteiger partial charge in [-0.05, 0) is 49.3 Å². The normalized spacial score (nSPS) is 22.0. The number of carbonyl (C=O) groups is 2. The van der Waals surface area contributed by atoms with E-state index in [0.29, 0.717) is 18.5 Å². The van der Waals surface area contributed by atoms with Gasteiger partial charge in [0.05, 0.1) is 23.6 Å². The number of primary amides is 1. The molecule has 0 aliphatic heterocycles. The number of halogens is 1. The summed E-state index contributed by atoms with van der Waals surface area (Å²) in [5.74, 6) is -1.19. The molecule has 4 rings (SSSR count). The number of hydrogen-bond acceptors (Lipinski definition) is 3. The molecule has 0 radical (unpaired) electrons. The fraction of sp³-hybridized carbons (Fsp3) is 0.450. The van der Waals surface area contributed by atoms with Crippen LogP contribution in [0, 0.1) is 16.6 Å². The first-order chi connectivity index (χ1) is 12.7. The highest BCUT2D eigenvalue weighted by Gasteiger charge is 2.56. The van der Waals surface area contributed by atoms with Gasteiger partial charge in [0, 0.05) is 5.56 Å². The minimum absolute atomic E-state index is 0.0838. The smallest absolute Gasteiger partial charge is 0.236 e. The van der Waals surface area contributed by atoms with Gasteiger partial charge in [-0.1, -0.05) is 19.9 Å². The summed E-state index contributed by atoms with van der Waals surface area (Å²) in [6.07, 6.45) is 4.21. The SMILES string of the molecule is CC1(C)Cc2c(cnn2-c2cccc(F)c2)[C@H](NC(=O)C2(C(N)=O)CC2)C1. The van der Waals surface area contributed by atoms with Crippen molar-refractivity contribution in [2.24, 2.45) is 16.6 Å². The highest BCUT2D eigenvalue weighted by molar-refractivity contribution is 6.07. The van der Waals surface area contributed by atoms with Crippen molar-refractivity contribution in [3.63, 3.8) is 0 Å². The van der Waals surface area contributed by atoms with Crippen LogP contribution in [-0.2, 0) is 16.0 Å². The van der Waals surface area contributed by atoms with Gasteiger partial charge in [-0.15, -0.1) is 0 Å². The molecule has 1 heterocycles. The molecule has 1 aromatic heterocycles. The maximum absolute atomic E-state index is 13.7. The van der Waals surface area contributed by atoms with Crippen molar-refractivity contribution in [1.82, 2.24) is 15.1 Å². The van der Waals surface area contributed by atoms with Crippen LogP contribution in [-0.4, -0.2) is 21.6 Å². The van der Waals surface area contributed by atoms with Crippen molar-refractivity contribution in [2.75, 3.05) is 0 Å². The van der Waals surface area contributed by atoms with Gasteiger partial charge in [0.15, 0.2) is 0 Å². The minimum Gasteiger partial charge on any atom is -0.369 e. The predicted octanol–water partition coefficient (Wildman–Crippen LogP) is 2.41. The van der Waals surface area contributed by atoms with E-state index in [0.717, 1.165) is 24.1 Å². The third-order valence-corrected chi connectivity index (χ3v) is 5.69. The fourth-order valence-corrected chi connectivity index (χ4v) is 4.01. The number of nitrogens with two attached hydrogens (primary N) is 1. The van der Waals surface area contributed by atoms with Crippen molar-refractivity contribution < 1.29 is 14.0 Å². The summed E-state index contributed by atoms with van der Waals surface area (Å²) in [7, 11) is 0. The summed E-state index contributed by atoms with van der Waals surface area (Å²) >= 11 is 0. The van der Waals surface area contributed by atoms with Crippen LogP contribution in [0.3, 0.4) is 0 Å². The van der Waals surface area contributed by atoms with Crippen LogP contribution in [0.1, 0.15) is 50.4 Å². The Hall–Kier alpha value is -2.70. The Morgan fingerprint density at radius 2 is 2.07 bits per heavy atom. The molecule has 142 valence electrons. The zero-order valence-electron chi connectivity index (χ0n) is 15.5. The molecule has 2 aliphatic carbocycles. The molecule has 1 atom stereocenters. The fourth-order valence-electron chi connectivity index (χ4n) is 4.01. The Morgan fingerprint density at radius 1 is 1.33 bits per heavy atom. The number of fused-ring (bicyclic) bond motifs is 1. The number of amides is 2. The molecule has 2 aromatic rings. The Morgan fingerprint density at radius 3 is 2.70 bits per heavy atom. The molecule has 1 saturated carbocycles. The van der Waals surface area contributed by atoms with E-state index in [1.807, 2.05) is 0 Å². The van der Waals surface area contributed by atoms with Gasteiger partial charge >= 0.3 is 0 Å². The largest absolute Gasteiger partial charge is 0.369 e. The van der Waals surface area contributed by atoms with Crippen molar-refractivity contribution >= 4 is 11.8 Å². The van der Waals surface area contributed by atoms with Crippen LogP contribution >= 0.6 is 0 Å². The second-order valence-corrected chi connectivity index (χ2v) is 8.46. The third kappa shape index (κ3) is 3.01. The van der Waals surface area contributed by atoms with Crippen LogP contribution in [0.4, 0.5) is 4.39 Å². The monoisotopic (exact) mass is 370 g/mol. The van der Waals surface area contributed by atoms with Crippen LogP contribution in [0.2, 0.25) is 0 Å². The van der Waals surface area contributed by atoms with Gasteiger partial charge in [-0.2, -0.15) is 5.10 Å². The van der Waals surface area contributed by atoms with Gasteiger partial charge in [-0.25, -0.2) is 9.07 Å². The first-order valence-corrected chi connectivity index (χ1v) is 9.15. The first-order valence-electron chi connectivity index (χ1n) is 9.15. The summed E-state index contributed by atoms with van der Waals surface area (Å²) in [6, 6.07) is 6.03. The lowest BCUT2D eigenvalue weighted by atomic mass is 9.74. The average molecular weight is 370 g/mol. The van der Waals surface area contributed by atoms with Crippen molar-refractivity contribution in [3.05, 3.63) is 47.5 Å². The van der Waals surface area contributed by atoms with Crippen molar-refractivity contribution in [2.45, 2.75) is 45.6 Å². The molecule has 1 fully saturated rings. The molecule has 7 heteroatoms. The minimum atomic E-state index is -1.06. The first kappa shape index (κ1) is 17.7.